The van der Waals surface area contributed by atoms with Crippen LogP contribution in [0.15, 0.2) is 47.3 Å². The van der Waals surface area contributed by atoms with Crippen molar-refractivity contribution >= 4 is 16.8 Å². The quantitative estimate of drug-likeness (QED) is 0.399. The molecule has 1 heterocycles. The monoisotopic (exact) mass is 459 g/mol. The third-order valence-electron chi connectivity index (χ3n) is 7.51. The first-order chi connectivity index (χ1) is 16.4. The molecular weight excluding hydrogens is 422 g/mol. The summed E-state index contributed by atoms with van der Waals surface area (Å²) < 4.78 is 1.73. The Bertz CT molecular complexity index is 1220. The molecule has 1 aromatic heterocycles. The molecule has 0 radical (unpaired) electrons. The largest absolute Gasteiger partial charge is 0.333 e. The standard InChI is InChI=1S/C29H37N3O2/c1-5-26(31(6-2)27(33)18-16-22-11-7-8-12-22)28-30-25-14-10-9-13-24(25)29(34)32(28)23-17-15-20(3)21(4)19-23/h9-10,13-15,17,19,22,26H,5-8,11-12,16,18H2,1-4H3. The number of hydrogen-bond acceptors (Lipinski definition) is 3. The van der Waals surface area contributed by atoms with Crippen molar-refractivity contribution in [3.05, 3.63) is 69.8 Å². The number of para-hydroxylation sites is 1. The number of fused-ring (bicyclic) bond motifs is 1. The van der Waals surface area contributed by atoms with E-state index < -0.39 is 0 Å². The first-order valence-electron chi connectivity index (χ1n) is 12.8. The molecular formula is C29H37N3O2. The molecule has 1 amide bonds. The number of rotatable bonds is 8. The van der Waals surface area contributed by atoms with Gasteiger partial charge < -0.3 is 4.90 Å². The smallest absolute Gasteiger partial charge is 0.266 e. The molecule has 5 nitrogen and oxygen atoms in total. The minimum atomic E-state index is -0.264. The van der Waals surface area contributed by atoms with E-state index in [0.29, 0.717) is 42.0 Å². The summed E-state index contributed by atoms with van der Waals surface area (Å²) in [6, 6.07) is 13.3. The molecule has 180 valence electrons. The lowest BCUT2D eigenvalue weighted by Crippen LogP contribution is -2.38. The van der Waals surface area contributed by atoms with Gasteiger partial charge in [0, 0.05) is 13.0 Å². The van der Waals surface area contributed by atoms with E-state index in [4.69, 9.17) is 4.98 Å². The van der Waals surface area contributed by atoms with Crippen molar-refractivity contribution in [3.63, 3.8) is 0 Å². The van der Waals surface area contributed by atoms with Crippen LogP contribution >= 0.6 is 0 Å². The second-order valence-corrected chi connectivity index (χ2v) is 9.69. The number of aromatic nitrogens is 2. The first kappa shape index (κ1) is 24.2. The van der Waals surface area contributed by atoms with Crippen molar-refractivity contribution < 1.29 is 4.79 Å². The molecule has 1 fully saturated rings. The fourth-order valence-electron chi connectivity index (χ4n) is 5.37. The zero-order valence-electron chi connectivity index (χ0n) is 21.0. The van der Waals surface area contributed by atoms with E-state index >= 15 is 0 Å². The Labute approximate surface area is 202 Å². The summed E-state index contributed by atoms with van der Waals surface area (Å²) in [6.07, 6.45) is 7.29. The van der Waals surface area contributed by atoms with Crippen LogP contribution in [0.2, 0.25) is 0 Å². The lowest BCUT2D eigenvalue weighted by molar-refractivity contribution is -0.134. The number of hydrogen-bond donors (Lipinski definition) is 0. The highest BCUT2D eigenvalue weighted by atomic mass is 16.2. The Morgan fingerprint density at radius 1 is 1.09 bits per heavy atom. The summed E-state index contributed by atoms with van der Waals surface area (Å²) in [5, 5.41) is 0.593. The van der Waals surface area contributed by atoms with Crippen LogP contribution in [0.5, 0.6) is 0 Å². The fraction of sp³-hybridized carbons (Fsp3) is 0.483. The van der Waals surface area contributed by atoms with Crippen LogP contribution < -0.4 is 5.56 Å². The molecule has 1 atom stereocenters. The van der Waals surface area contributed by atoms with E-state index in [1.165, 1.54) is 31.2 Å². The zero-order valence-corrected chi connectivity index (χ0v) is 21.0. The van der Waals surface area contributed by atoms with Crippen molar-refractivity contribution in [3.8, 4) is 5.69 Å². The van der Waals surface area contributed by atoms with E-state index in [9.17, 15) is 9.59 Å². The van der Waals surface area contributed by atoms with Gasteiger partial charge in [0.15, 0.2) is 0 Å². The predicted molar refractivity (Wildman–Crippen MR) is 138 cm³/mol. The SMILES string of the molecule is CCC(c1nc2ccccc2c(=O)n1-c1ccc(C)c(C)c1)N(CC)C(=O)CCC1CCCC1. The normalized spacial score (nSPS) is 15.1. The topological polar surface area (TPSA) is 55.2 Å². The van der Waals surface area contributed by atoms with Crippen molar-refractivity contribution in [1.29, 1.82) is 0 Å². The summed E-state index contributed by atoms with van der Waals surface area (Å²) in [5.41, 5.74) is 3.69. The molecule has 0 spiro atoms. The minimum Gasteiger partial charge on any atom is -0.333 e. The van der Waals surface area contributed by atoms with Gasteiger partial charge in [0.1, 0.15) is 5.82 Å². The molecule has 1 aliphatic carbocycles. The van der Waals surface area contributed by atoms with Gasteiger partial charge in [-0.2, -0.15) is 0 Å². The summed E-state index contributed by atoms with van der Waals surface area (Å²) >= 11 is 0. The van der Waals surface area contributed by atoms with Crippen molar-refractivity contribution in [1.82, 2.24) is 14.5 Å². The van der Waals surface area contributed by atoms with Gasteiger partial charge in [-0.1, -0.05) is 50.8 Å². The second-order valence-electron chi connectivity index (χ2n) is 9.69. The number of amides is 1. The van der Waals surface area contributed by atoms with E-state index in [-0.39, 0.29) is 17.5 Å². The molecule has 0 saturated heterocycles. The molecule has 1 aliphatic rings. The first-order valence-corrected chi connectivity index (χ1v) is 12.8. The van der Waals surface area contributed by atoms with Gasteiger partial charge in [0.05, 0.1) is 22.6 Å². The maximum absolute atomic E-state index is 13.8. The number of carbonyl (C=O) groups excluding carboxylic acids is 1. The van der Waals surface area contributed by atoms with E-state index in [2.05, 4.69) is 20.8 Å². The van der Waals surface area contributed by atoms with Crippen LogP contribution in [-0.2, 0) is 4.79 Å². The molecule has 0 N–H and O–H groups in total. The highest BCUT2D eigenvalue weighted by Gasteiger charge is 2.28. The zero-order chi connectivity index (χ0) is 24.2. The van der Waals surface area contributed by atoms with Crippen LogP contribution in [0.25, 0.3) is 16.6 Å². The maximum atomic E-state index is 13.8. The fourth-order valence-corrected chi connectivity index (χ4v) is 5.37. The molecule has 5 heteroatoms. The molecule has 0 aliphatic heterocycles. The third kappa shape index (κ3) is 4.79. The van der Waals surface area contributed by atoms with Gasteiger partial charge in [-0.3, -0.25) is 14.2 Å². The minimum absolute atomic E-state index is 0.0863. The predicted octanol–water partition coefficient (Wildman–Crippen LogP) is 6.27. The third-order valence-corrected chi connectivity index (χ3v) is 7.51. The Kier molecular flexibility index (Phi) is 7.50. The number of aryl methyl sites for hydroxylation is 2. The van der Waals surface area contributed by atoms with Gasteiger partial charge in [0.25, 0.3) is 5.56 Å². The lowest BCUT2D eigenvalue weighted by Gasteiger charge is -2.32. The van der Waals surface area contributed by atoms with Gasteiger partial charge in [-0.25, -0.2) is 4.98 Å². The highest BCUT2D eigenvalue weighted by Crippen LogP contribution is 2.31. The van der Waals surface area contributed by atoms with Crippen LogP contribution in [0.3, 0.4) is 0 Å². The molecule has 2 aromatic carbocycles. The number of benzene rings is 2. The molecule has 4 rings (SSSR count). The van der Waals surface area contributed by atoms with Crippen LogP contribution in [0, 0.1) is 19.8 Å². The summed E-state index contributed by atoms with van der Waals surface area (Å²) in [6.45, 7) is 8.81. The average molecular weight is 460 g/mol. The Hall–Kier alpha value is -2.95. The van der Waals surface area contributed by atoms with E-state index in [1.54, 1.807) is 4.57 Å². The molecule has 3 aromatic rings. The molecule has 1 unspecified atom stereocenters. The van der Waals surface area contributed by atoms with E-state index in [1.807, 2.05) is 54.3 Å². The van der Waals surface area contributed by atoms with Gasteiger partial charge in [-0.15, -0.1) is 0 Å². The Morgan fingerprint density at radius 2 is 1.82 bits per heavy atom. The van der Waals surface area contributed by atoms with Gasteiger partial charge in [0.2, 0.25) is 5.91 Å². The van der Waals surface area contributed by atoms with Crippen LogP contribution in [-0.4, -0.2) is 26.9 Å². The number of nitrogens with zero attached hydrogens (tertiary/aromatic N) is 3. The summed E-state index contributed by atoms with van der Waals surface area (Å²) in [4.78, 5) is 34.1. The van der Waals surface area contributed by atoms with Gasteiger partial charge >= 0.3 is 0 Å². The molecule has 34 heavy (non-hydrogen) atoms. The molecule has 0 bridgehead atoms. The molecule has 1 saturated carbocycles. The Balaban J connectivity index is 1.80. The lowest BCUT2D eigenvalue weighted by atomic mass is 10.0. The van der Waals surface area contributed by atoms with Crippen LogP contribution in [0.4, 0.5) is 0 Å². The average Bonchev–Trinajstić information content (AvgIpc) is 3.36. The Morgan fingerprint density at radius 3 is 2.50 bits per heavy atom. The van der Waals surface area contributed by atoms with Crippen molar-refractivity contribution in [2.24, 2.45) is 5.92 Å². The summed E-state index contributed by atoms with van der Waals surface area (Å²) in [7, 11) is 0. The summed E-state index contributed by atoms with van der Waals surface area (Å²) in [5.74, 6) is 1.48. The van der Waals surface area contributed by atoms with Crippen molar-refractivity contribution in [2.75, 3.05) is 6.54 Å². The maximum Gasteiger partial charge on any atom is 0.266 e. The second kappa shape index (κ2) is 10.5. The van der Waals surface area contributed by atoms with Crippen LogP contribution in [0.1, 0.15) is 81.8 Å². The van der Waals surface area contributed by atoms with E-state index in [0.717, 1.165) is 17.7 Å². The number of carbonyl (C=O) groups is 1. The van der Waals surface area contributed by atoms with Crippen molar-refractivity contribution in [2.45, 2.75) is 78.7 Å². The highest BCUT2D eigenvalue weighted by molar-refractivity contribution is 5.79. The van der Waals surface area contributed by atoms with Gasteiger partial charge in [-0.05, 0) is 74.9 Å².